The van der Waals surface area contributed by atoms with Gasteiger partial charge in [0.1, 0.15) is 0 Å². The number of halogens is 3. The maximum Gasteiger partial charge on any atom is 0.390 e. The van der Waals surface area contributed by atoms with Gasteiger partial charge in [-0.1, -0.05) is 18.2 Å². The number of hydrogen-bond donors (Lipinski definition) is 1. The van der Waals surface area contributed by atoms with Gasteiger partial charge in [0.05, 0.1) is 6.42 Å². The lowest BCUT2D eigenvalue weighted by Gasteiger charge is -2.23. The van der Waals surface area contributed by atoms with Crippen LogP contribution < -0.4 is 5.32 Å². The number of hydrogen-bond acceptors (Lipinski definition) is 1. The Bertz CT molecular complexity index is 454. The molecule has 0 saturated heterocycles. The summed E-state index contributed by atoms with van der Waals surface area (Å²) in [6, 6.07) is 5.71. The standard InChI is InChI=1S/C16H22F3N/c1-11(10-16(17,18)19)20-12(2)14-8-7-13-5-3-4-6-15(13)9-14/h7-9,11-12,20H,3-6,10H2,1-2H3. The van der Waals surface area contributed by atoms with Crippen LogP contribution in [0, 0.1) is 0 Å². The molecule has 0 amide bonds. The molecular formula is C16H22F3N. The molecule has 112 valence electrons. The van der Waals surface area contributed by atoms with E-state index < -0.39 is 18.6 Å². The summed E-state index contributed by atoms with van der Waals surface area (Å²) in [6.45, 7) is 3.51. The first-order valence-corrected chi connectivity index (χ1v) is 7.29. The third-order valence-corrected chi connectivity index (χ3v) is 3.94. The van der Waals surface area contributed by atoms with Crippen LogP contribution in [0.1, 0.15) is 55.8 Å². The second-order valence-corrected chi connectivity index (χ2v) is 5.84. The molecule has 0 aromatic heterocycles. The zero-order valence-corrected chi connectivity index (χ0v) is 12.1. The van der Waals surface area contributed by atoms with Gasteiger partial charge in [-0.25, -0.2) is 0 Å². The highest BCUT2D eigenvalue weighted by Gasteiger charge is 2.30. The van der Waals surface area contributed by atoms with E-state index in [0.717, 1.165) is 18.4 Å². The molecular weight excluding hydrogens is 263 g/mol. The van der Waals surface area contributed by atoms with E-state index in [0.29, 0.717) is 0 Å². The molecule has 0 bridgehead atoms. The van der Waals surface area contributed by atoms with Crippen LogP contribution >= 0.6 is 0 Å². The average molecular weight is 285 g/mol. The minimum atomic E-state index is -4.11. The first-order valence-electron chi connectivity index (χ1n) is 7.29. The monoisotopic (exact) mass is 285 g/mol. The number of aryl methyl sites for hydroxylation is 2. The fraction of sp³-hybridized carbons (Fsp3) is 0.625. The van der Waals surface area contributed by atoms with E-state index in [-0.39, 0.29) is 6.04 Å². The van der Waals surface area contributed by atoms with Gasteiger partial charge in [-0.05, 0) is 56.2 Å². The zero-order chi connectivity index (χ0) is 14.8. The summed E-state index contributed by atoms with van der Waals surface area (Å²) in [5.41, 5.74) is 3.85. The second-order valence-electron chi connectivity index (χ2n) is 5.84. The van der Waals surface area contributed by atoms with Crippen molar-refractivity contribution in [3.05, 3.63) is 34.9 Å². The van der Waals surface area contributed by atoms with Crippen LogP contribution in [-0.2, 0) is 12.8 Å². The highest BCUT2D eigenvalue weighted by atomic mass is 19.4. The van der Waals surface area contributed by atoms with Crippen molar-refractivity contribution in [2.75, 3.05) is 0 Å². The molecule has 0 aliphatic heterocycles. The van der Waals surface area contributed by atoms with Crippen LogP contribution in [0.25, 0.3) is 0 Å². The Morgan fingerprint density at radius 2 is 1.75 bits per heavy atom. The van der Waals surface area contributed by atoms with Crippen molar-refractivity contribution in [3.63, 3.8) is 0 Å². The maximum absolute atomic E-state index is 12.3. The van der Waals surface area contributed by atoms with Crippen molar-refractivity contribution >= 4 is 0 Å². The lowest BCUT2D eigenvalue weighted by Crippen LogP contribution is -2.33. The molecule has 1 N–H and O–H groups in total. The van der Waals surface area contributed by atoms with Gasteiger partial charge in [0, 0.05) is 12.1 Å². The summed E-state index contributed by atoms with van der Waals surface area (Å²) in [7, 11) is 0. The Hall–Kier alpha value is -1.03. The molecule has 4 heteroatoms. The Kier molecular flexibility index (Phi) is 4.74. The number of rotatable bonds is 4. The van der Waals surface area contributed by atoms with Crippen molar-refractivity contribution in [3.8, 4) is 0 Å². The minimum Gasteiger partial charge on any atom is -0.307 e. The van der Waals surface area contributed by atoms with Crippen molar-refractivity contribution in [1.82, 2.24) is 5.32 Å². The van der Waals surface area contributed by atoms with Crippen LogP contribution in [0.5, 0.6) is 0 Å². The third-order valence-electron chi connectivity index (χ3n) is 3.94. The zero-order valence-electron chi connectivity index (χ0n) is 12.1. The summed E-state index contributed by atoms with van der Waals surface area (Å²) >= 11 is 0. The van der Waals surface area contributed by atoms with E-state index in [4.69, 9.17) is 0 Å². The van der Waals surface area contributed by atoms with Crippen LogP contribution in [0.4, 0.5) is 13.2 Å². The SMILES string of the molecule is CC(CC(F)(F)F)NC(C)c1ccc2c(c1)CCCC2. The van der Waals surface area contributed by atoms with E-state index in [2.05, 4.69) is 17.4 Å². The Morgan fingerprint density at radius 1 is 1.10 bits per heavy atom. The van der Waals surface area contributed by atoms with Crippen LogP contribution in [0.2, 0.25) is 0 Å². The summed E-state index contributed by atoms with van der Waals surface area (Å²) in [6.07, 6.45) is -0.230. The van der Waals surface area contributed by atoms with Gasteiger partial charge in [-0.15, -0.1) is 0 Å². The van der Waals surface area contributed by atoms with Crippen LogP contribution in [0.3, 0.4) is 0 Å². The van der Waals surface area contributed by atoms with Crippen molar-refractivity contribution in [2.24, 2.45) is 0 Å². The molecule has 0 saturated carbocycles. The molecule has 1 aromatic carbocycles. The minimum absolute atomic E-state index is 0.0559. The Labute approximate surface area is 118 Å². The largest absolute Gasteiger partial charge is 0.390 e. The summed E-state index contributed by atoms with van der Waals surface area (Å²) in [4.78, 5) is 0. The Morgan fingerprint density at radius 3 is 2.40 bits per heavy atom. The van der Waals surface area contributed by atoms with Crippen molar-refractivity contribution in [2.45, 2.75) is 64.2 Å². The number of benzene rings is 1. The third kappa shape index (κ3) is 4.23. The molecule has 0 radical (unpaired) electrons. The molecule has 0 fully saturated rings. The lowest BCUT2D eigenvalue weighted by atomic mass is 9.89. The van der Waals surface area contributed by atoms with Crippen molar-refractivity contribution < 1.29 is 13.2 Å². The van der Waals surface area contributed by atoms with Gasteiger partial charge < -0.3 is 5.32 Å². The predicted molar refractivity (Wildman–Crippen MR) is 74.8 cm³/mol. The topological polar surface area (TPSA) is 12.0 Å². The van der Waals surface area contributed by atoms with Gasteiger partial charge in [-0.2, -0.15) is 13.2 Å². The smallest absolute Gasteiger partial charge is 0.307 e. The molecule has 1 aliphatic rings. The molecule has 2 atom stereocenters. The fourth-order valence-electron chi connectivity index (χ4n) is 2.95. The quantitative estimate of drug-likeness (QED) is 0.855. The summed E-state index contributed by atoms with van der Waals surface area (Å²) in [5.74, 6) is 0. The molecule has 1 nitrogen and oxygen atoms in total. The van der Waals surface area contributed by atoms with E-state index in [1.807, 2.05) is 13.0 Å². The molecule has 2 rings (SSSR count). The van der Waals surface area contributed by atoms with E-state index in [1.165, 1.54) is 24.0 Å². The molecule has 0 heterocycles. The number of fused-ring (bicyclic) bond motifs is 1. The first kappa shape index (κ1) is 15.4. The lowest BCUT2D eigenvalue weighted by molar-refractivity contribution is -0.139. The normalized spacial score (nSPS) is 18.4. The van der Waals surface area contributed by atoms with Gasteiger partial charge in [0.2, 0.25) is 0 Å². The summed E-state index contributed by atoms with van der Waals surface area (Å²) < 4.78 is 37.0. The molecule has 2 unspecified atom stereocenters. The first-order chi connectivity index (χ1) is 9.35. The average Bonchev–Trinajstić information content (AvgIpc) is 2.35. The van der Waals surface area contributed by atoms with E-state index in [9.17, 15) is 13.2 Å². The highest BCUT2D eigenvalue weighted by Crippen LogP contribution is 2.26. The van der Waals surface area contributed by atoms with Crippen molar-refractivity contribution in [1.29, 1.82) is 0 Å². The van der Waals surface area contributed by atoms with Crippen LogP contribution in [0.15, 0.2) is 18.2 Å². The van der Waals surface area contributed by atoms with Gasteiger partial charge in [0.15, 0.2) is 0 Å². The fourth-order valence-corrected chi connectivity index (χ4v) is 2.95. The van der Waals surface area contributed by atoms with Gasteiger partial charge in [-0.3, -0.25) is 0 Å². The highest BCUT2D eigenvalue weighted by molar-refractivity contribution is 5.35. The number of nitrogens with one attached hydrogen (secondary N) is 1. The van der Waals surface area contributed by atoms with Crippen LogP contribution in [-0.4, -0.2) is 12.2 Å². The molecule has 0 spiro atoms. The second kappa shape index (κ2) is 6.17. The maximum atomic E-state index is 12.3. The van der Waals surface area contributed by atoms with E-state index >= 15 is 0 Å². The van der Waals surface area contributed by atoms with Gasteiger partial charge >= 0.3 is 6.18 Å². The van der Waals surface area contributed by atoms with Gasteiger partial charge in [0.25, 0.3) is 0 Å². The summed E-state index contributed by atoms with van der Waals surface area (Å²) in [5, 5.41) is 3.04. The predicted octanol–water partition coefficient (Wildman–Crippen LogP) is 4.56. The molecule has 1 aromatic rings. The number of alkyl halides is 3. The Balaban J connectivity index is 2.00. The van der Waals surface area contributed by atoms with E-state index in [1.54, 1.807) is 6.92 Å². The molecule has 20 heavy (non-hydrogen) atoms. The molecule has 1 aliphatic carbocycles.